The average molecular weight is 498 g/mol. The Labute approximate surface area is 186 Å². The van der Waals surface area contributed by atoms with E-state index < -0.39 is 51.4 Å². The molecule has 0 fully saturated rings. The van der Waals surface area contributed by atoms with Gasteiger partial charge in [-0.1, -0.05) is 36.4 Å². The molecule has 182 valence electrons. The molecular formula is C20H20F6N2O4S. The second-order valence-electron chi connectivity index (χ2n) is 6.98. The van der Waals surface area contributed by atoms with Gasteiger partial charge in [0.15, 0.2) is 0 Å². The number of hydrogen-bond acceptors (Lipinski definition) is 4. The molecule has 2 aromatic carbocycles. The number of halogens is 6. The first kappa shape index (κ1) is 26.6. The van der Waals surface area contributed by atoms with Crippen LogP contribution in [0.2, 0.25) is 0 Å². The molecule has 6 nitrogen and oxygen atoms in total. The molecular weight excluding hydrogens is 478 g/mol. The molecule has 1 atom stereocenters. The molecule has 2 N–H and O–H groups in total. The molecule has 0 heterocycles. The van der Waals surface area contributed by atoms with Crippen LogP contribution in [-0.2, 0) is 38.9 Å². The van der Waals surface area contributed by atoms with Crippen LogP contribution in [0.15, 0.2) is 53.4 Å². The highest BCUT2D eigenvalue weighted by Crippen LogP contribution is 2.33. The van der Waals surface area contributed by atoms with Crippen LogP contribution < -0.4 is 10.0 Å². The van der Waals surface area contributed by atoms with Gasteiger partial charge in [-0.05, 0) is 30.2 Å². The summed E-state index contributed by atoms with van der Waals surface area (Å²) in [5.41, 5.74) is -0.330. The predicted molar refractivity (Wildman–Crippen MR) is 105 cm³/mol. The van der Waals surface area contributed by atoms with Gasteiger partial charge in [0.05, 0.1) is 23.1 Å². The number of amides is 1. The maximum Gasteiger partial charge on any atom is 0.417 e. The fourth-order valence-electron chi connectivity index (χ4n) is 2.67. The van der Waals surface area contributed by atoms with Crippen molar-refractivity contribution in [2.24, 2.45) is 0 Å². The first-order valence-electron chi connectivity index (χ1n) is 9.37. The van der Waals surface area contributed by atoms with E-state index in [9.17, 15) is 39.6 Å². The largest absolute Gasteiger partial charge is 0.417 e. The Balaban J connectivity index is 1.93. The van der Waals surface area contributed by atoms with Crippen LogP contribution in [0.3, 0.4) is 0 Å². The highest BCUT2D eigenvalue weighted by molar-refractivity contribution is 7.89. The molecule has 0 saturated heterocycles. The van der Waals surface area contributed by atoms with Gasteiger partial charge in [-0.2, -0.15) is 31.1 Å². The van der Waals surface area contributed by atoms with Gasteiger partial charge in [0, 0.05) is 6.54 Å². The van der Waals surface area contributed by atoms with Crippen molar-refractivity contribution in [3.63, 3.8) is 0 Å². The lowest BCUT2D eigenvalue weighted by Gasteiger charge is -2.17. The Morgan fingerprint density at radius 2 is 1.55 bits per heavy atom. The van der Waals surface area contributed by atoms with Crippen LogP contribution in [0.4, 0.5) is 26.3 Å². The van der Waals surface area contributed by atoms with Crippen LogP contribution in [0.25, 0.3) is 0 Å². The zero-order valence-electron chi connectivity index (χ0n) is 17.1. The number of benzene rings is 2. The van der Waals surface area contributed by atoms with Crippen LogP contribution >= 0.6 is 0 Å². The second kappa shape index (κ2) is 10.5. The smallest absolute Gasteiger partial charge is 0.367 e. The van der Waals surface area contributed by atoms with Gasteiger partial charge >= 0.3 is 12.4 Å². The van der Waals surface area contributed by atoms with Crippen molar-refractivity contribution in [1.29, 1.82) is 0 Å². The van der Waals surface area contributed by atoms with Gasteiger partial charge in [0.1, 0.15) is 6.61 Å². The van der Waals surface area contributed by atoms with Crippen molar-refractivity contribution in [3.05, 3.63) is 65.2 Å². The Morgan fingerprint density at radius 3 is 2.12 bits per heavy atom. The van der Waals surface area contributed by atoms with Crippen molar-refractivity contribution < 1.29 is 44.3 Å². The van der Waals surface area contributed by atoms with E-state index in [1.54, 1.807) is 0 Å². The first-order valence-corrected chi connectivity index (χ1v) is 10.9. The first-order chi connectivity index (χ1) is 15.2. The standard InChI is InChI=1S/C20H20F6N2O4S/c1-13(28-33(30,31)17-5-3-2-4-16(17)20(24,25)26)18(29)27-10-14-6-8-15(9-7-14)11-32-12-19(21,22)23/h2-9,13,28H,10-12H2,1H3,(H,27,29). The van der Waals surface area contributed by atoms with Crippen molar-refractivity contribution in [2.75, 3.05) is 6.61 Å². The predicted octanol–water partition coefficient (Wildman–Crippen LogP) is 3.77. The molecule has 1 unspecified atom stereocenters. The van der Waals surface area contributed by atoms with Crippen LogP contribution in [-0.4, -0.2) is 33.1 Å². The van der Waals surface area contributed by atoms with E-state index in [1.165, 1.54) is 31.2 Å². The minimum absolute atomic E-state index is 0.0479. The normalized spacial score (nSPS) is 13.5. The van der Waals surface area contributed by atoms with Gasteiger partial charge in [0.2, 0.25) is 15.9 Å². The van der Waals surface area contributed by atoms with E-state index in [2.05, 4.69) is 10.1 Å². The summed E-state index contributed by atoms with van der Waals surface area (Å²) in [5.74, 6) is -0.791. The maximum atomic E-state index is 13.1. The van der Waals surface area contributed by atoms with Gasteiger partial charge in [-0.15, -0.1) is 0 Å². The van der Waals surface area contributed by atoms with Crippen molar-refractivity contribution in [2.45, 2.75) is 43.4 Å². The van der Waals surface area contributed by atoms with Crippen molar-refractivity contribution in [1.82, 2.24) is 10.0 Å². The summed E-state index contributed by atoms with van der Waals surface area (Å²) >= 11 is 0. The molecule has 0 bridgehead atoms. The van der Waals surface area contributed by atoms with Gasteiger partial charge in [-0.3, -0.25) is 4.79 Å². The van der Waals surface area contributed by atoms with E-state index in [0.717, 1.165) is 18.2 Å². The molecule has 0 aliphatic heterocycles. The van der Waals surface area contributed by atoms with E-state index in [0.29, 0.717) is 17.2 Å². The molecule has 0 aromatic heterocycles. The summed E-state index contributed by atoms with van der Waals surface area (Å²) in [6, 6.07) is 8.26. The number of hydrogen-bond donors (Lipinski definition) is 2. The van der Waals surface area contributed by atoms with E-state index in [1.807, 2.05) is 4.72 Å². The third kappa shape index (κ3) is 8.33. The SMILES string of the molecule is CC(NS(=O)(=O)c1ccccc1C(F)(F)F)C(=O)NCc1ccc(COCC(F)(F)F)cc1. The molecule has 0 spiro atoms. The van der Waals surface area contributed by atoms with E-state index in [-0.39, 0.29) is 13.2 Å². The molecule has 0 saturated carbocycles. The summed E-state index contributed by atoms with van der Waals surface area (Å²) in [6.45, 7) is -0.520. The van der Waals surface area contributed by atoms with Crippen LogP contribution in [0.5, 0.6) is 0 Å². The second-order valence-corrected chi connectivity index (χ2v) is 8.66. The summed E-state index contributed by atoms with van der Waals surface area (Å²) in [6.07, 6.45) is -9.34. The number of rotatable bonds is 9. The number of carbonyl (C=O) groups excluding carboxylic acids is 1. The van der Waals surface area contributed by atoms with Gasteiger partial charge < -0.3 is 10.1 Å². The third-order valence-corrected chi connectivity index (χ3v) is 5.83. The molecule has 0 aliphatic carbocycles. The lowest BCUT2D eigenvalue weighted by atomic mass is 10.1. The van der Waals surface area contributed by atoms with Gasteiger partial charge in [-0.25, -0.2) is 8.42 Å². The van der Waals surface area contributed by atoms with Crippen molar-refractivity contribution >= 4 is 15.9 Å². The Kier molecular flexibility index (Phi) is 8.49. The Hall–Kier alpha value is -2.64. The van der Waals surface area contributed by atoms with Crippen LogP contribution in [0.1, 0.15) is 23.6 Å². The maximum absolute atomic E-state index is 13.1. The zero-order chi connectivity index (χ0) is 24.9. The van der Waals surface area contributed by atoms with Gasteiger partial charge in [0.25, 0.3) is 0 Å². The zero-order valence-corrected chi connectivity index (χ0v) is 17.9. The lowest BCUT2D eigenvalue weighted by Crippen LogP contribution is -2.44. The summed E-state index contributed by atoms with van der Waals surface area (Å²) in [4.78, 5) is 11.2. The minimum atomic E-state index is -4.90. The van der Waals surface area contributed by atoms with E-state index in [4.69, 9.17) is 0 Å². The quantitative estimate of drug-likeness (QED) is 0.516. The Bertz CT molecular complexity index is 1050. The summed E-state index contributed by atoms with van der Waals surface area (Å²) in [5, 5.41) is 2.43. The molecule has 2 aromatic rings. The fraction of sp³-hybridized carbons (Fsp3) is 0.350. The average Bonchev–Trinajstić information content (AvgIpc) is 2.71. The minimum Gasteiger partial charge on any atom is -0.367 e. The molecule has 0 radical (unpaired) electrons. The van der Waals surface area contributed by atoms with E-state index >= 15 is 0 Å². The molecule has 0 aliphatic rings. The number of alkyl halides is 6. The molecule has 13 heteroatoms. The highest BCUT2D eigenvalue weighted by Gasteiger charge is 2.37. The number of carbonyl (C=O) groups is 1. The summed E-state index contributed by atoms with van der Waals surface area (Å²) in [7, 11) is -4.65. The summed E-state index contributed by atoms with van der Waals surface area (Å²) < 4.78 is 107. The highest BCUT2D eigenvalue weighted by atomic mass is 32.2. The fourth-order valence-corrected chi connectivity index (χ4v) is 4.10. The topological polar surface area (TPSA) is 84.5 Å². The molecule has 1 amide bonds. The number of ether oxygens (including phenoxy) is 1. The van der Waals surface area contributed by atoms with Crippen LogP contribution in [0, 0.1) is 0 Å². The third-order valence-electron chi connectivity index (χ3n) is 4.23. The Morgan fingerprint density at radius 1 is 0.970 bits per heavy atom. The number of nitrogens with one attached hydrogen (secondary N) is 2. The van der Waals surface area contributed by atoms with Crippen molar-refractivity contribution in [3.8, 4) is 0 Å². The number of sulfonamides is 1. The lowest BCUT2D eigenvalue weighted by molar-refractivity contribution is -0.176. The molecule has 33 heavy (non-hydrogen) atoms. The monoisotopic (exact) mass is 498 g/mol. The molecule has 2 rings (SSSR count).